The number of hydrogen-bond acceptors (Lipinski definition) is 5. The number of nitrogens with zero attached hydrogens (tertiary/aromatic N) is 4. The third kappa shape index (κ3) is 8.42. The van der Waals surface area contributed by atoms with Crippen molar-refractivity contribution >= 4 is 35.8 Å². The first-order valence-electron chi connectivity index (χ1n) is 10.9. The molecule has 1 unspecified atom stereocenters. The minimum atomic E-state index is -0.272. The molecule has 1 aromatic carbocycles. The van der Waals surface area contributed by atoms with E-state index in [0.29, 0.717) is 18.8 Å². The number of ether oxygens (including phenoxy) is 1. The highest BCUT2D eigenvalue weighted by Crippen LogP contribution is 2.14. The van der Waals surface area contributed by atoms with Gasteiger partial charge < -0.3 is 25.2 Å². The molecule has 2 aromatic rings. The molecule has 176 valence electrons. The Morgan fingerprint density at radius 1 is 1.12 bits per heavy atom. The van der Waals surface area contributed by atoms with E-state index in [1.165, 1.54) is 12.1 Å². The lowest BCUT2D eigenvalue weighted by molar-refractivity contribution is 0.223. The molecular formula is C23H34FIN6O. The standard InChI is InChI=1S/C23H33FN6O.HI/c1-4-25-23(27-15-18(2)31-21-8-6-20(24)7-9-21)28-17-19-5-10-22(26-16-19)30-13-11-29(3)12-14-30;/h5-10,16,18H,4,11-15,17H2,1-3H3,(H2,25,27,28);1H. The van der Waals surface area contributed by atoms with Crippen LogP contribution in [0.4, 0.5) is 10.2 Å². The van der Waals surface area contributed by atoms with Gasteiger partial charge in [-0.05, 0) is 56.8 Å². The normalized spacial score (nSPS) is 15.6. The Labute approximate surface area is 207 Å². The molecule has 32 heavy (non-hydrogen) atoms. The Morgan fingerprint density at radius 3 is 2.47 bits per heavy atom. The smallest absolute Gasteiger partial charge is 0.191 e. The maximum atomic E-state index is 13.0. The van der Waals surface area contributed by atoms with Gasteiger partial charge in [0.1, 0.15) is 23.5 Å². The molecule has 0 spiro atoms. The van der Waals surface area contributed by atoms with E-state index in [1.807, 2.05) is 20.0 Å². The first-order chi connectivity index (χ1) is 15.0. The largest absolute Gasteiger partial charge is 0.489 e. The van der Waals surface area contributed by atoms with Gasteiger partial charge in [-0.3, -0.25) is 0 Å². The zero-order valence-electron chi connectivity index (χ0n) is 19.1. The summed E-state index contributed by atoms with van der Waals surface area (Å²) in [7, 11) is 2.15. The number of nitrogens with one attached hydrogen (secondary N) is 2. The molecule has 0 saturated carbocycles. The number of likely N-dealkylation sites (N-methyl/N-ethyl adjacent to an activating group) is 1. The Morgan fingerprint density at radius 2 is 1.84 bits per heavy atom. The van der Waals surface area contributed by atoms with Gasteiger partial charge in [-0.25, -0.2) is 14.4 Å². The summed E-state index contributed by atoms with van der Waals surface area (Å²) in [6.07, 6.45) is 1.81. The number of aliphatic imine (C=N–C) groups is 1. The van der Waals surface area contributed by atoms with Crippen LogP contribution in [-0.2, 0) is 6.54 Å². The van der Waals surface area contributed by atoms with Gasteiger partial charge in [-0.1, -0.05) is 6.07 Å². The molecular weight excluding hydrogens is 522 g/mol. The maximum absolute atomic E-state index is 13.0. The second-order valence-corrected chi connectivity index (χ2v) is 7.77. The molecule has 0 bridgehead atoms. The monoisotopic (exact) mass is 556 g/mol. The van der Waals surface area contributed by atoms with Gasteiger partial charge in [0.05, 0.1) is 13.1 Å². The van der Waals surface area contributed by atoms with Crippen LogP contribution in [0.3, 0.4) is 0 Å². The van der Waals surface area contributed by atoms with Gasteiger partial charge in [0.25, 0.3) is 0 Å². The third-order valence-corrected chi connectivity index (χ3v) is 5.11. The summed E-state index contributed by atoms with van der Waals surface area (Å²) in [5, 5.41) is 6.54. The number of guanidine groups is 1. The van der Waals surface area contributed by atoms with E-state index in [4.69, 9.17) is 4.74 Å². The van der Waals surface area contributed by atoms with Gasteiger partial charge in [0.15, 0.2) is 5.96 Å². The molecule has 1 fully saturated rings. The predicted molar refractivity (Wildman–Crippen MR) is 139 cm³/mol. The second-order valence-electron chi connectivity index (χ2n) is 7.77. The molecule has 1 aliphatic rings. The van der Waals surface area contributed by atoms with Crippen molar-refractivity contribution in [3.05, 3.63) is 54.0 Å². The zero-order valence-corrected chi connectivity index (χ0v) is 21.4. The summed E-state index contributed by atoms with van der Waals surface area (Å²) in [5.74, 6) is 2.12. The lowest BCUT2D eigenvalue weighted by Gasteiger charge is -2.33. The van der Waals surface area contributed by atoms with E-state index in [0.717, 1.165) is 50.1 Å². The lowest BCUT2D eigenvalue weighted by Crippen LogP contribution is -2.44. The number of hydrogen-bond donors (Lipinski definition) is 2. The number of aromatic nitrogens is 1. The van der Waals surface area contributed by atoms with E-state index in [-0.39, 0.29) is 35.9 Å². The Balaban J connectivity index is 0.00000363. The number of benzene rings is 1. The van der Waals surface area contributed by atoms with Crippen molar-refractivity contribution in [2.45, 2.75) is 26.5 Å². The van der Waals surface area contributed by atoms with E-state index in [9.17, 15) is 4.39 Å². The van der Waals surface area contributed by atoms with Gasteiger partial charge in [-0.15, -0.1) is 24.0 Å². The average molecular weight is 556 g/mol. The van der Waals surface area contributed by atoms with Gasteiger partial charge in [-0.2, -0.15) is 0 Å². The fourth-order valence-electron chi connectivity index (χ4n) is 3.27. The van der Waals surface area contributed by atoms with Crippen LogP contribution in [0, 0.1) is 5.82 Å². The van der Waals surface area contributed by atoms with Crippen LogP contribution in [0.2, 0.25) is 0 Å². The molecule has 1 saturated heterocycles. The number of pyridine rings is 1. The summed E-state index contributed by atoms with van der Waals surface area (Å²) >= 11 is 0. The quantitative estimate of drug-likeness (QED) is 0.296. The summed E-state index contributed by atoms with van der Waals surface area (Å²) in [4.78, 5) is 13.9. The first-order valence-corrected chi connectivity index (χ1v) is 10.9. The summed E-state index contributed by atoms with van der Waals surface area (Å²) in [6.45, 7) is 10.0. The van der Waals surface area contributed by atoms with Crippen LogP contribution < -0.4 is 20.3 Å². The highest BCUT2D eigenvalue weighted by atomic mass is 127. The minimum Gasteiger partial charge on any atom is -0.489 e. The third-order valence-electron chi connectivity index (χ3n) is 5.11. The summed E-state index contributed by atoms with van der Waals surface area (Å²) in [5.41, 5.74) is 1.06. The van der Waals surface area contributed by atoms with Crippen molar-refractivity contribution in [3.63, 3.8) is 0 Å². The first kappa shape index (κ1) is 26.1. The number of halogens is 2. The van der Waals surface area contributed by atoms with Crippen molar-refractivity contribution in [1.82, 2.24) is 20.5 Å². The molecule has 2 N–H and O–H groups in total. The Kier molecular flexibility index (Phi) is 10.9. The summed E-state index contributed by atoms with van der Waals surface area (Å²) < 4.78 is 18.8. The van der Waals surface area contributed by atoms with Crippen LogP contribution in [0.25, 0.3) is 0 Å². The van der Waals surface area contributed by atoms with Crippen molar-refractivity contribution in [1.29, 1.82) is 0 Å². The highest BCUT2D eigenvalue weighted by molar-refractivity contribution is 14.0. The van der Waals surface area contributed by atoms with Gasteiger partial charge in [0, 0.05) is 38.9 Å². The number of anilines is 1. The molecule has 1 aromatic heterocycles. The van der Waals surface area contributed by atoms with Crippen LogP contribution in [-0.4, -0.2) is 68.3 Å². The van der Waals surface area contributed by atoms with E-state index >= 15 is 0 Å². The van der Waals surface area contributed by atoms with Crippen molar-refractivity contribution < 1.29 is 9.13 Å². The average Bonchev–Trinajstić information content (AvgIpc) is 2.78. The van der Waals surface area contributed by atoms with Crippen LogP contribution in [0.5, 0.6) is 5.75 Å². The van der Waals surface area contributed by atoms with Crippen molar-refractivity contribution in [3.8, 4) is 5.75 Å². The highest BCUT2D eigenvalue weighted by Gasteiger charge is 2.15. The van der Waals surface area contributed by atoms with Crippen LogP contribution in [0.1, 0.15) is 19.4 Å². The fraction of sp³-hybridized carbons (Fsp3) is 0.478. The fourth-order valence-corrected chi connectivity index (χ4v) is 3.27. The number of rotatable bonds is 8. The van der Waals surface area contributed by atoms with Crippen molar-refractivity contribution in [2.75, 3.05) is 51.2 Å². The molecule has 2 heterocycles. The molecule has 1 aliphatic heterocycles. The molecule has 0 amide bonds. The minimum absolute atomic E-state index is 0. The second kappa shape index (κ2) is 13.4. The van der Waals surface area contributed by atoms with Crippen LogP contribution in [0.15, 0.2) is 47.6 Å². The van der Waals surface area contributed by atoms with Crippen molar-refractivity contribution in [2.24, 2.45) is 4.99 Å². The topological polar surface area (TPSA) is 65.0 Å². The Hall–Kier alpha value is -2.14. The number of piperazine rings is 1. The van der Waals surface area contributed by atoms with Gasteiger partial charge >= 0.3 is 0 Å². The predicted octanol–water partition coefficient (Wildman–Crippen LogP) is 3.11. The maximum Gasteiger partial charge on any atom is 0.191 e. The summed E-state index contributed by atoms with van der Waals surface area (Å²) in [6, 6.07) is 10.2. The lowest BCUT2D eigenvalue weighted by atomic mass is 10.2. The van der Waals surface area contributed by atoms with E-state index in [1.54, 1.807) is 12.1 Å². The Bertz CT molecular complexity index is 825. The molecule has 3 rings (SSSR count). The van der Waals surface area contributed by atoms with E-state index in [2.05, 4.69) is 49.6 Å². The van der Waals surface area contributed by atoms with Crippen LogP contribution >= 0.6 is 24.0 Å². The van der Waals surface area contributed by atoms with Gasteiger partial charge in [0.2, 0.25) is 0 Å². The molecule has 0 radical (unpaired) electrons. The molecule has 1 atom stereocenters. The zero-order chi connectivity index (χ0) is 22.1. The molecule has 0 aliphatic carbocycles. The van der Waals surface area contributed by atoms with E-state index < -0.39 is 0 Å². The molecule has 7 nitrogen and oxygen atoms in total. The SMILES string of the molecule is CCNC(=NCc1ccc(N2CCN(C)CC2)nc1)NCC(C)Oc1ccc(F)cc1.I. The molecule has 9 heteroatoms.